The van der Waals surface area contributed by atoms with Gasteiger partial charge in [-0.2, -0.15) is 5.26 Å². The van der Waals surface area contributed by atoms with Crippen molar-refractivity contribution in [2.45, 2.75) is 35.8 Å². The van der Waals surface area contributed by atoms with Gasteiger partial charge in [0.05, 0.1) is 12.0 Å². The van der Waals surface area contributed by atoms with E-state index in [0.717, 1.165) is 10.6 Å². The van der Waals surface area contributed by atoms with Crippen molar-refractivity contribution < 1.29 is 4.74 Å². The third-order valence-electron chi connectivity index (χ3n) is 2.78. The number of nitrogens with zero attached hydrogens (tertiary/aromatic N) is 2. The minimum atomic E-state index is 0.483. The topological polar surface area (TPSA) is 45.9 Å². The molecule has 0 bridgehead atoms. The van der Waals surface area contributed by atoms with E-state index >= 15 is 0 Å². The van der Waals surface area contributed by atoms with Gasteiger partial charge >= 0.3 is 0 Å². The molecular formula is C12H14N2OS. The standard InChI is InChI=1S/C12H14N2OS/c1-15-11-6-7-14-10(8-13)12(11)16-9-4-2-3-5-9/h6-7,9H,2-5H2,1H3. The molecule has 2 rings (SSSR count). The number of pyridine rings is 1. The van der Waals surface area contributed by atoms with Gasteiger partial charge in [-0.1, -0.05) is 12.8 Å². The normalized spacial score (nSPS) is 16.0. The molecular weight excluding hydrogens is 220 g/mol. The van der Waals surface area contributed by atoms with E-state index in [0.29, 0.717) is 10.9 Å². The molecule has 0 saturated heterocycles. The van der Waals surface area contributed by atoms with Crippen LogP contribution in [-0.2, 0) is 0 Å². The summed E-state index contributed by atoms with van der Waals surface area (Å²) in [6, 6.07) is 3.95. The SMILES string of the molecule is COc1ccnc(C#N)c1SC1CCCC1. The van der Waals surface area contributed by atoms with E-state index in [2.05, 4.69) is 11.1 Å². The highest BCUT2D eigenvalue weighted by molar-refractivity contribution is 8.00. The Balaban J connectivity index is 2.26. The average molecular weight is 234 g/mol. The van der Waals surface area contributed by atoms with Crippen molar-refractivity contribution in [2.24, 2.45) is 0 Å². The lowest BCUT2D eigenvalue weighted by molar-refractivity contribution is 0.403. The van der Waals surface area contributed by atoms with Crippen LogP contribution in [0.1, 0.15) is 31.4 Å². The van der Waals surface area contributed by atoms with Crippen molar-refractivity contribution in [3.05, 3.63) is 18.0 Å². The van der Waals surface area contributed by atoms with Crippen LogP contribution in [0.15, 0.2) is 17.2 Å². The summed E-state index contributed by atoms with van der Waals surface area (Å²) in [5, 5.41) is 9.65. The third kappa shape index (κ3) is 2.30. The molecule has 3 nitrogen and oxygen atoms in total. The summed E-state index contributed by atoms with van der Waals surface area (Å²) in [7, 11) is 1.63. The van der Waals surface area contributed by atoms with Gasteiger partial charge in [-0.15, -0.1) is 11.8 Å². The summed E-state index contributed by atoms with van der Waals surface area (Å²) in [5.41, 5.74) is 0.483. The highest BCUT2D eigenvalue weighted by Gasteiger charge is 2.20. The molecule has 0 N–H and O–H groups in total. The van der Waals surface area contributed by atoms with Crippen LogP contribution in [0.4, 0.5) is 0 Å². The van der Waals surface area contributed by atoms with E-state index < -0.39 is 0 Å². The molecule has 1 aliphatic carbocycles. The molecule has 1 heterocycles. The highest BCUT2D eigenvalue weighted by atomic mass is 32.2. The Bertz CT molecular complexity index is 408. The van der Waals surface area contributed by atoms with Crippen LogP contribution in [0.2, 0.25) is 0 Å². The summed E-state index contributed by atoms with van der Waals surface area (Å²) < 4.78 is 5.29. The number of methoxy groups -OCH3 is 1. The monoisotopic (exact) mass is 234 g/mol. The number of hydrogen-bond donors (Lipinski definition) is 0. The van der Waals surface area contributed by atoms with Crippen molar-refractivity contribution in [2.75, 3.05) is 7.11 Å². The van der Waals surface area contributed by atoms with E-state index in [4.69, 9.17) is 10.00 Å². The molecule has 0 spiro atoms. The maximum atomic E-state index is 9.03. The zero-order valence-corrected chi connectivity index (χ0v) is 10.1. The Morgan fingerprint density at radius 1 is 1.50 bits per heavy atom. The minimum absolute atomic E-state index is 0.483. The number of thioether (sulfide) groups is 1. The molecule has 0 amide bonds. The van der Waals surface area contributed by atoms with Crippen LogP contribution in [0, 0.1) is 11.3 Å². The fourth-order valence-electron chi connectivity index (χ4n) is 1.96. The van der Waals surface area contributed by atoms with Crippen LogP contribution in [-0.4, -0.2) is 17.3 Å². The molecule has 1 aromatic rings. The van der Waals surface area contributed by atoms with E-state index in [1.165, 1.54) is 25.7 Å². The minimum Gasteiger partial charge on any atom is -0.495 e. The Kier molecular flexibility index (Phi) is 3.68. The zero-order valence-electron chi connectivity index (χ0n) is 9.27. The van der Waals surface area contributed by atoms with E-state index in [-0.39, 0.29) is 0 Å². The lowest BCUT2D eigenvalue weighted by Crippen LogP contribution is -1.98. The van der Waals surface area contributed by atoms with Gasteiger partial charge in [0, 0.05) is 11.4 Å². The maximum Gasteiger partial charge on any atom is 0.157 e. The Labute approximate surface area is 99.8 Å². The zero-order chi connectivity index (χ0) is 11.4. The van der Waals surface area contributed by atoms with E-state index in [1.807, 2.05) is 6.07 Å². The van der Waals surface area contributed by atoms with Crippen LogP contribution < -0.4 is 4.74 Å². The Morgan fingerprint density at radius 3 is 2.88 bits per heavy atom. The molecule has 1 aromatic heterocycles. The first-order valence-corrected chi connectivity index (χ1v) is 6.33. The highest BCUT2D eigenvalue weighted by Crippen LogP contribution is 2.40. The predicted octanol–water partition coefficient (Wildman–Crippen LogP) is 3.00. The van der Waals surface area contributed by atoms with Crippen molar-refractivity contribution in [3.63, 3.8) is 0 Å². The third-order valence-corrected chi connectivity index (χ3v) is 4.22. The van der Waals surface area contributed by atoms with Gasteiger partial charge < -0.3 is 4.74 Å². The van der Waals surface area contributed by atoms with Gasteiger partial charge in [-0.05, 0) is 18.9 Å². The maximum absolute atomic E-state index is 9.03. The second-order valence-corrected chi connectivity index (χ2v) is 5.14. The van der Waals surface area contributed by atoms with Crippen molar-refractivity contribution in [1.29, 1.82) is 5.26 Å². The van der Waals surface area contributed by atoms with Gasteiger partial charge in [-0.3, -0.25) is 0 Å². The number of rotatable bonds is 3. The lowest BCUT2D eigenvalue weighted by Gasteiger charge is -2.12. The first-order valence-electron chi connectivity index (χ1n) is 5.45. The molecule has 0 radical (unpaired) electrons. The second kappa shape index (κ2) is 5.22. The molecule has 1 fully saturated rings. The Morgan fingerprint density at radius 2 is 2.25 bits per heavy atom. The number of nitriles is 1. The summed E-state index contributed by atoms with van der Waals surface area (Å²) in [6.07, 6.45) is 6.67. The molecule has 0 atom stereocenters. The average Bonchev–Trinajstić information content (AvgIpc) is 2.82. The first kappa shape index (κ1) is 11.3. The smallest absolute Gasteiger partial charge is 0.157 e. The quantitative estimate of drug-likeness (QED) is 0.806. The van der Waals surface area contributed by atoms with Gasteiger partial charge in [0.25, 0.3) is 0 Å². The van der Waals surface area contributed by atoms with Gasteiger partial charge in [0.1, 0.15) is 11.8 Å². The largest absolute Gasteiger partial charge is 0.495 e. The molecule has 0 aromatic carbocycles. The lowest BCUT2D eigenvalue weighted by atomic mass is 10.3. The van der Waals surface area contributed by atoms with Crippen molar-refractivity contribution in [3.8, 4) is 11.8 Å². The summed E-state index contributed by atoms with van der Waals surface area (Å²) in [4.78, 5) is 4.99. The predicted molar refractivity (Wildman–Crippen MR) is 63.6 cm³/mol. The van der Waals surface area contributed by atoms with Crippen LogP contribution >= 0.6 is 11.8 Å². The molecule has 16 heavy (non-hydrogen) atoms. The first-order chi connectivity index (χ1) is 7.85. The number of hydrogen-bond acceptors (Lipinski definition) is 4. The summed E-state index contributed by atoms with van der Waals surface area (Å²) in [6.45, 7) is 0. The van der Waals surface area contributed by atoms with Gasteiger partial charge in [0.15, 0.2) is 5.69 Å². The van der Waals surface area contributed by atoms with Gasteiger partial charge in [-0.25, -0.2) is 4.98 Å². The fraction of sp³-hybridized carbons (Fsp3) is 0.500. The second-order valence-electron chi connectivity index (χ2n) is 3.83. The molecule has 1 aliphatic rings. The number of aromatic nitrogens is 1. The molecule has 0 unspecified atom stereocenters. The van der Waals surface area contributed by atoms with E-state index in [9.17, 15) is 0 Å². The molecule has 84 valence electrons. The van der Waals surface area contributed by atoms with E-state index in [1.54, 1.807) is 25.1 Å². The van der Waals surface area contributed by atoms with Crippen LogP contribution in [0.25, 0.3) is 0 Å². The van der Waals surface area contributed by atoms with Gasteiger partial charge in [0.2, 0.25) is 0 Å². The molecule has 0 aliphatic heterocycles. The van der Waals surface area contributed by atoms with Crippen LogP contribution in [0.3, 0.4) is 0 Å². The summed E-state index contributed by atoms with van der Waals surface area (Å²) >= 11 is 1.74. The fourth-order valence-corrected chi connectivity index (χ4v) is 3.34. The summed E-state index contributed by atoms with van der Waals surface area (Å²) in [5.74, 6) is 0.767. The van der Waals surface area contributed by atoms with Crippen molar-refractivity contribution in [1.82, 2.24) is 4.98 Å². The van der Waals surface area contributed by atoms with Crippen molar-refractivity contribution >= 4 is 11.8 Å². The van der Waals surface area contributed by atoms with Crippen LogP contribution in [0.5, 0.6) is 5.75 Å². The Hall–Kier alpha value is -1.21. The number of ether oxygens (including phenoxy) is 1. The molecule has 1 saturated carbocycles. The molecule has 4 heteroatoms.